The van der Waals surface area contributed by atoms with E-state index in [1.54, 1.807) is 0 Å². The first-order valence-corrected chi connectivity index (χ1v) is 7.41. The van der Waals surface area contributed by atoms with E-state index in [1.165, 1.54) is 0 Å². The fourth-order valence-corrected chi connectivity index (χ4v) is 1.29. The molecule has 123 valence electrons. The SMILES string of the molecule is [CH2]C(CCOC(=O)OCC(C)C)OC(=O)OCCCCC. The zero-order chi connectivity index (χ0) is 16.1. The highest BCUT2D eigenvalue weighted by Gasteiger charge is 2.12. The maximum absolute atomic E-state index is 11.3. The van der Waals surface area contributed by atoms with Gasteiger partial charge >= 0.3 is 12.3 Å². The number of unbranched alkanes of at least 4 members (excludes halogenated alkanes) is 2. The Balaban J connectivity index is 3.58. The summed E-state index contributed by atoms with van der Waals surface area (Å²) in [6, 6.07) is 0. The number of hydrogen-bond acceptors (Lipinski definition) is 6. The van der Waals surface area contributed by atoms with E-state index < -0.39 is 18.4 Å². The Bertz CT molecular complexity index is 290. The fraction of sp³-hybridized carbons (Fsp3) is 0.800. The quantitative estimate of drug-likeness (QED) is 0.452. The highest BCUT2D eigenvalue weighted by Crippen LogP contribution is 2.03. The van der Waals surface area contributed by atoms with Crippen LogP contribution in [0.4, 0.5) is 9.59 Å². The maximum atomic E-state index is 11.3. The molecule has 21 heavy (non-hydrogen) atoms. The molecule has 0 aromatic rings. The van der Waals surface area contributed by atoms with Crippen molar-refractivity contribution in [3.05, 3.63) is 6.92 Å². The van der Waals surface area contributed by atoms with Crippen LogP contribution in [0.3, 0.4) is 0 Å². The van der Waals surface area contributed by atoms with Gasteiger partial charge in [0, 0.05) is 6.42 Å². The minimum absolute atomic E-state index is 0.0776. The first kappa shape index (κ1) is 19.5. The second-order valence-electron chi connectivity index (χ2n) is 5.14. The first-order valence-electron chi connectivity index (χ1n) is 7.41. The van der Waals surface area contributed by atoms with E-state index >= 15 is 0 Å². The molecule has 6 nitrogen and oxygen atoms in total. The van der Waals surface area contributed by atoms with Crippen LogP contribution in [0, 0.1) is 12.8 Å². The molecule has 0 heterocycles. The van der Waals surface area contributed by atoms with Gasteiger partial charge < -0.3 is 18.9 Å². The van der Waals surface area contributed by atoms with Gasteiger partial charge in [-0.15, -0.1) is 0 Å². The molecule has 0 bridgehead atoms. The molecule has 0 fully saturated rings. The molecular weight excluding hydrogens is 276 g/mol. The van der Waals surface area contributed by atoms with Gasteiger partial charge in [-0.3, -0.25) is 0 Å². The zero-order valence-corrected chi connectivity index (χ0v) is 13.3. The van der Waals surface area contributed by atoms with Gasteiger partial charge in [0.05, 0.1) is 19.8 Å². The third-order valence-corrected chi connectivity index (χ3v) is 2.42. The largest absolute Gasteiger partial charge is 0.508 e. The molecule has 0 aromatic carbocycles. The molecule has 1 atom stereocenters. The van der Waals surface area contributed by atoms with Crippen molar-refractivity contribution in [3.8, 4) is 0 Å². The van der Waals surface area contributed by atoms with Gasteiger partial charge in [-0.2, -0.15) is 0 Å². The molecule has 1 unspecified atom stereocenters. The molecule has 0 aliphatic heterocycles. The van der Waals surface area contributed by atoms with Gasteiger partial charge in [-0.1, -0.05) is 33.6 Å². The van der Waals surface area contributed by atoms with Gasteiger partial charge in [0.25, 0.3) is 0 Å². The van der Waals surface area contributed by atoms with Crippen molar-refractivity contribution in [2.24, 2.45) is 5.92 Å². The normalized spacial score (nSPS) is 11.9. The Hall–Kier alpha value is -1.46. The van der Waals surface area contributed by atoms with E-state index in [0.717, 1.165) is 19.3 Å². The molecule has 0 amide bonds. The van der Waals surface area contributed by atoms with Crippen molar-refractivity contribution in [1.82, 2.24) is 0 Å². The minimum atomic E-state index is -0.742. The van der Waals surface area contributed by atoms with Crippen LogP contribution in [-0.4, -0.2) is 38.2 Å². The summed E-state index contributed by atoms with van der Waals surface area (Å²) in [7, 11) is 0. The van der Waals surface area contributed by atoms with Crippen LogP contribution in [0.15, 0.2) is 0 Å². The van der Waals surface area contributed by atoms with Gasteiger partial charge in [-0.25, -0.2) is 9.59 Å². The van der Waals surface area contributed by atoms with Crippen LogP contribution in [0.5, 0.6) is 0 Å². The molecule has 0 aliphatic carbocycles. The Labute approximate surface area is 127 Å². The maximum Gasteiger partial charge on any atom is 0.508 e. The summed E-state index contributed by atoms with van der Waals surface area (Å²) in [4.78, 5) is 22.4. The second kappa shape index (κ2) is 12.3. The Morgan fingerprint density at radius 3 is 2.29 bits per heavy atom. The smallest absolute Gasteiger partial charge is 0.434 e. The molecule has 0 rings (SSSR count). The summed E-state index contributed by atoms with van der Waals surface area (Å²) in [6.07, 6.45) is 1.08. The molecule has 0 aromatic heterocycles. The van der Waals surface area contributed by atoms with E-state index in [9.17, 15) is 9.59 Å². The minimum Gasteiger partial charge on any atom is -0.434 e. The van der Waals surface area contributed by atoms with E-state index in [4.69, 9.17) is 18.9 Å². The Morgan fingerprint density at radius 2 is 1.67 bits per heavy atom. The van der Waals surface area contributed by atoms with Gasteiger partial charge in [0.1, 0.15) is 6.10 Å². The van der Waals surface area contributed by atoms with Crippen LogP contribution in [0.2, 0.25) is 0 Å². The molecule has 6 heteroatoms. The summed E-state index contributed by atoms with van der Waals surface area (Å²) in [5.74, 6) is 0.254. The standard InChI is InChI=1S/C15H27O6/c1-5-6-7-9-18-15(17)21-13(4)8-10-19-14(16)20-11-12(2)3/h12-13H,4-11H2,1-3H3. The summed E-state index contributed by atoms with van der Waals surface area (Å²) < 4.78 is 19.4. The molecule has 0 saturated heterocycles. The van der Waals surface area contributed by atoms with Crippen LogP contribution < -0.4 is 0 Å². The number of carbonyl (C=O) groups excluding carboxylic acids is 2. The Morgan fingerprint density at radius 1 is 1.00 bits per heavy atom. The molecule has 0 spiro atoms. The van der Waals surface area contributed by atoms with Crippen LogP contribution >= 0.6 is 0 Å². The molecule has 0 aliphatic rings. The van der Waals surface area contributed by atoms with E-state index in [-0.39, 0.29) is 12.5 Å². The predicted octanol–water partition coefficient (Wildman–Crippen LogP) is 3.73. The number of carbonyl (C=O) groups is 2. The van der Waals surface area contributed by atoms with Gasteiger partial charge in [0.2, 0.25) is 0 Å². The summed E-state index contributed by atoms with van der Waals surface area (Å²) in [5, 5.41) is 0. The third kappa shape index (κ3) is 13.3. The second-order valence-corrected chi connectivity index (χ2v) is 5.14. The molecule has 1 radical (unpaired) electrons. The molecular formula is C15H27O6. The highest BCUT2D eigenvalue weighted by molar-refractivity contribution is 5.60. The van der Waals surface area contributed by atoms with Crippen molar-refractivity contribution in [3.63, 3.8) is 0 Å². The van der Waals surface area contributed by atoms with Crippen molar-refractivity contribution in [2.45, 2.75) is 52.6 Å². The lowest BCUT2D eigenvalue weighted by Crippen LogP contribution is -2.20. The number of hydrogen-bond donors (Lipinski definition) is 0. The van der Waals surface area contributed by atoms with Crippen LogP contribution in [0.25, 0.3) is 0 Å². The van der Waals surface area contributed by atoms with Crippen molar-refractivity contribution in [2.75, 3.05) is 19.8 Å². The number of ether oxygens (including phenoxy) is 4. The average molecular weight is 303 g/mol. The monoisotopic (exact) mass is 303 g/mol. The first-order chi connectivity index (χ1) is 9.95. The topological polar surface area (TPSA) is 71.1 Å². The Kier molecular flexibility index (Phi) is 11.4. The lowest BCUT2D eigenvalue weighted by Gasteiger charge is -2.13. The van der Waals surface area contributed by atoms with Crippen molar-refractivity contribution < 1.29 is 28.5 Å². The summed E-state index contributed by atoms with van der Waals surface area (Å²) in [5.41, 5.74) is 0. The lowest BCUT2D eigenvalue weighted by atomic mass is 10.2. The van der Waals surface area contributed by atoms with E-state index in [1.807, 2.05) is 13.8 Å². The molecule has 0 saturated carbocycles. The zero-order valence-electron chi connectivity index (χ0n) is 13.3. The van der Waals surface area contributed by atoms with E-state index in [2.05, 4.69) is 13.8 Å². The van der Waals surface area contributed by atoms with E-state index in [0.29, 0.717) is 19.6 Å². The lowest BCUT2D eigenvalue weighted by molar-refractivity contribution is 0.0174. The van der Waals surface area contributed by atoms with Crippen molar-refractivity contribution in [1.29, 1.82) is 0 Å². The predicted molar refractivity (Wildman–Crippen MR) is 77.9 cm³/mol. The summed E-state index contributed by atoms with van der Waals surface area (Å²) >= 11 is 0. The third-order valence-electron chi connectivity index (χ3n) is 2.42. The average Bonchev–Trinajstić information content (AvgIpc) is 2.41. The van der Waals surface area contributed by atoms with Gasteiger partial charge in [-0.05, 0) is 19.3 Å². The number of rotatable bonds is 10. The van der Waals surface area contributed by atoms with Crippen molar-refractivity contribution >= 4 is 12.3 Å². The molecule has 0 N–H and O–H groups in total. The fourth-order valence-electron chi connectivity index (χ4n) is 1.29. The van der Waals surface area contributed by atoms with Crippen LogP contribution in [0.1, 0.15) is 46.5 Å². The van der Waals surface area contributed by atoms with Crippen LogP contribution in [-0.2, 0) is 18.9 Å². The summed E-state index contributed by atoms with van der Waals surface area (Å²) in [6.45, 7) is 10.3. The highest BCUT2D eigenvalue weighted by atomic mass is 16.7. The van der Waals surface area contributed by atoms with Gasteiger partial charge in [0.15, 0.2) is 0 Å².